The Morgan fingerprint density at radius 2 is 1.00 bits per heavy atom. The molecule has 3 aromatic rings. The summed E-state index contributed by atoms with van der Waals surface area (Å²) in [5.74, 6) is 0.675. The van der Waals surface area contributed by atoms with Gasteiger partial charge in [-0.1, -0.05) is 77.9 Å². The number of benzene rings is 3. The van der Waals surface area contributed by atoms with Crippen molar-refractivity contribution in [3.05, 3.63) is 81.9 Å². The normalized spacial score (nSPS) is 19.5. The second-order valence-corrected chi connectivity index (χ2v) is 10.7. The molecule has 0 atom stereocenters. The Kier molecular flexibility index (Phi) is 3.40. The van der Waals surface area contributed by atoms with Crippen molar-refractivity contribution in [1.29, 1.82) is 0 Å². The lowest BCUT2D eigenvalue weighted by Crippen LogP contribution is -2.43. The molecule has 3 heterocycles. The van der Waals surface area contributed by atoms with Crippen LogP contribution in [-0.2, 0) is 16.2 Å². The van der Waals surface area contributed by atoms with E-state index in [1.165, 1.54) is 50.4 Å². The van der Waals surface area contributed by atoms with Crippen molar-refractivity contribution < 1.29 is 9.68 Å². The fourth-order valence-electron chi connectivity index (χ4n) is 6.29. The third kappa shape index (κ3) is 2.05. The number of anilines is 3. The fraction of sp³-hybridized carbons (Fsp3) is 0.333. The van der Waals surface area contributed by atoms with E-state index in [-0.39, 0.29) is 16.2 Å². The van der Waals surface area contributed by atoms with Crippen LogP contribution < -0.4 is 9.55 Å². The van der Waals surface area contributed by atoms with Crippen molar-refractivity contribution in [3.8, 4) is 5.75 Å². The van der Waals surface area contributed by atoms with Crippen LogP contribution in [0.5, 0.6) is 5.75 Å². The molecule has 3 aliphatic rings. The highest BCUT2D eigenvalue weighted by Crippen LogP contribution is 2.66. The van der Waals surface area contributed by atoms with Crippen molar-refractivity contribution >= 4 is 24.7 Å². The molecule has 0 bridgehead atoms. The Hall–Kier alpha value is -2.72. The van der Waals surface area contributed by atoms with E-state index in [9.17, 15) is 5.02 Å². The van der Waals surface area contributed by atoms with Crippen LogP contribution in [0, 0.1) is 0 Å². The molecule has 0 fully saturated rings. The molecule has 0 saturated heterocycles. The fourth-order valence-corrected chi connectivity index (χ4v) is 6.29. The Morgan fingerprint density at radius 1 is 0.645 bits per heavy atom. The van der Waals surface area contributed by atoms with Crippen molar-refractivity contribution in [3.63, 3.8) is 0 Å². The summed E-state index contributed by atoms with van der Waals surface area (Å²) in [5.41, 5.74) is 11.4. The molecule has 3 nitrogen and oxygen atoms in total. The van der Waals surface area contributed by atoms with Gasteiger partial charge in [0.1, 0.15) is 5.75 Å². The molecule has 0 aliphatic carbocycles. The van der Waals surface area contributed by atoms with Crippen molar-refractivity contribution in [2.24, 2.45) is 0 Å². The highest BCUT2D eigenvalue weighted by atomic mass is 16.5. The van der Waals surface area contributed by atoms with Crippen LogP contribution in [-0.4, -0.2) is 12.7 Å². The molecular weight excluding hydrogens is 381 g/mol. The first-order valence-corrected chi connectivity index (χ1v) is 11.0. The quantitative estimate of drug-likeness (QED) is 0.530. The largest absolute Gasteiger partial charge is 0.569 e. The molecule has 6 rings (SSSR count). The predicted octanol–water partition coefficient (Wildman–Crippen LogP) is 5.98. The smallest absolute Gasteiger partial charge is 0.537 e. The van der Waals surface area contributed by atoms with Gasteiger partial charge in [-0.05, 0) is 45.5 Å². The van der Waals surface area contributed by atoms with Crippen molar-refractivity contribution in [2.45, 2.75) is 57.8 Å². The Labute approximate surface area is 185 Å². The maximum Gasteiger partial charge on any atom is 0.569 e. The number of nitrogens with zero attached hydrogens (tertiary/aromatic N) is 1. The summed E-state index contributed by atoms with van der Waals surface area (Å²) >= 11 is 0. The first-order valence-electron chi connectivity index (χ1n) is 11.0. The summed E-state index contributed by atoms with van der Waals surface area (Å²) in [6.07, 6.45) is 0. The summed E-state index contributed by atoms with van der Waals surface area (Å²) in [6.45, 7) is 13.9. The minimum Gasteiger partial charge on any atom is -0.537 e. The highest BCUT2D eigenvalue weighted by molar-refractivity contribution is 6.17. The van der Waals surface area contributed by atoms with E-state index in [1.54, 1.807) is 0 Å². The van der Waals surface area contributed by atoms with Gasteiger partial charge in [0.05, 0.1) is 17.1 Å². The Balaban J connectivity index is 1.84. The van der Waals surface area contributed by atoms with Gasteiger partial charge in [0, 0.05) is 16.2 Å². The van der Waals surface area contributed by atoms with Crippen LogP contribution in [0.15, 0.2) is 48.5 Å². The lowest BCUT2D eigenvalue weighted by Gasteiger charge is -2.55. The Bertz CT molecular complexity index is 1200. The molecular formula is C27H27BNO2. The SMILES string of the molecule is CC1(C)c2cccc3c2N2c4c1cccc4C(C)(C)c1cc(O[B]O)cc(c12)C3(C)C. The molecule has 0 amide bonds. The topological polar surface area (TPSA) is 32.7 Å². The van der Waals surface area contributed by atoms with Crippen molar-refractivity contribution in [1.82, 2.24) is 0 Å². The molecule has 0 aromatic heterocycles. The first kappa shape index (κ1) is 19.0. The summed E-state index contributed by atoms with van der Waals surface area (Å²) in [4.78, 5) is 2.52. The van der Waals surface area contributed by atoms with Crippen molar-refractivity contribution in [2.75, 3.05) is 4.90 Å². The van der Waals surface area contributed by atoms with Gasteiger partial charge >= 0.3 is 7.69 Å². The maximum atomic E-state index is 9.37. The molecule has 4 heteroatoms. The molecule has 3 aromatic carbocycles. The molecule has 155 valence electrons. The van der Waals surface area contributed by atoms with Crippen LogP contribution in [0.25, 0.3) is 0 Å². The van der Waals surface area contributed by atoms with Gasteiger partial charge in [-0.2, -0.15) is 0 Å². The predicted molar refractivity (Wildman–Crippen MR) is 126 cm³/mol. The molecule has 1 N–H and O–H groups in total. The maximum absolute atomic E-state index is 9.37. The van der Waals surface area contributed by atoms with E-state index < -0.39 is 0 Å². The molecule has 31 heavy (non-hydrogen) atoms. The summed E-state index contributed by atoms with van der Waals surface area (Å²) in [5, 5.41) is 9.37. The number of hydrogen-bond acceptors (Lipinski definition) is 3. The van der Waals surface area contributed by atoms with E-state index in [0.717, 1.165) is 7.69 Å². The zero-order chi connectivity index (χ0) is 21.9. The first-order chi connectivity index (χ1) is 14.6. The van der Waals surface area contributed by atoms with E-state index in [0.29, 0.717) is 5.75 Å². The third-order valence-corrected chi connectivity index (χ3v) is 8.06. The van der Waals surface area contributed by atoms with Crippen LogP contribution >= 0.6 is 0 Å². The van der Waals surface area contributed by atoms with E-state index >= 15 is 0 Å². The lowest BCUT2D eigenvalue weighted by molar-refractivity contribution is 0.450. The van der Waals surface area contributed by atoms with E-state index in [2.05, 4.69) is 95.0 Å². The highest BCUT2D eigenvalue weighted by Gasteiger charge is 2.51. The summed E-state index contributed by atoms with van der Waals surface area (Å²) in [6, 6.07) is 17.8. The Morgan fingerprint density at radius 3 is 1.39 bits per heavy atom. The minimum absolute atomic E-state index is 0.0801. The monoisotopic (exact) mass is 408 g/mol. The third-order valence-electron chi connectivity index (χ3n) is 8.06. The second kappa shape index (κ2) is 5.55. The second-order valence-electron chi connectivity index (χ2n) is 10.7. The molecule has 3 aliphatic heterocycles. The standard InChI is InChI=1S/C27H27BNO2/c1-25(2)16-9-7-11-18-22(16)29-23-17(25)10-8-12-19(23)27(5,6)21-14-15(31-28-30)13-20(24(21)29)26(18,3)4/h7-14,30H,1-6H3. The van der Waals surface area contributed by atoms with Crippen LogP contribution in [0.1, 0.15) is 74.9 Å². The number of rotatable bonds is 2. The average molecular weight is 408 g/mol. The molecule has 0 unspecified atom stereocenters. The number of hydrogen-bond donors (Lipinski definition) is 1. The van der Waals surface area contributed by atoms with Gasteiger partial charge in [-0.25, -0.2) is 0 Å². The van der Waals surface area contributed by atoms with Gasteiger partial charge in [0.15, 0.2) is 0 Å². The van der Waals surface area contributed by atoms with Crippen LogP contribution in [0.4, 0.5) is 17.1 Å². The van der Waals surface area contributed by atoms with Gasteiger partial charge < -0.3 is 14.6 Å². The molecule has 1 radical (unpaired) electrons. The zero-order valence-corrected chi connectivity index (χ0v) is 19.0. The molecule has 0 saturated carbocycles. The van der Waals surface area contributed by atoms with Crippen LogP contribution in [0.2, 0.25) is 0 Å². The molecule has 0 spiro atoms. The van der Waals surface area contributed by atoms with E-state index in [1.807, 2.05) is 0 Å². The van der Waals surface area contributed by atoms with Gasteiger partial charge in [-0.3, -0.25) is 0 Å². The van der Waals surface area contributed by atoms with E-state index in [4.69, 9.17) is 4.65 Å². The minimum atomic E-state index is -0.198. The van der Waals surface area contributed by atoms with Gasteiger partial charge in [-0.15, -0.1) is 0 Å². The summed E-state index contributed by atoms with van der Waals surface area (Å²) in [7, 11) is 0.779. The van der Waals surface area contributed by atoms with Gasteiger partial charge in [0.25, 0.3) is 0 Å². The average Bonchev–Trinajstić information content (AvgIpc) is 2.72. The van der Waals surface area contributed by atoms with Gasteiger partial charge in [0.2, 0.25) is 0 Å². The summed E-state index contributed by atoms with van der Waals surface area (Å²) < 4.78 is 5.52. The lowest BCUT2D eigenvalue weighted by atomic mass is 9.61. The van der Waals surface area contributed by atoms with Crippen LogP contribution in [0.3, 0.4) is 0 Å². The zero-order valence-electron chi connectivity index (χ0n) is 19.0. The number of para-hydroxylation sites is 2.